The summed E-state index contributed by atoms with van der Waals surface area (Å²) in [5.74, 6) is -0.236. The fourth-order valence-corrected chi connectivity index (χ4v) is 1.74. The van der Waals surface area contributed by atoms with E-state index in [0.717, 1.165) is 22.4 Å². The standard InChI is InChI=1S/C14H15FN2/c1-10(2)9-17-7-6-14(16-17)13-8-12(15)5-4-11(13)3/h4-8H,1,9H2,2-3H3. The van der Waals surface area contributed by atoms with Gasteiger partial charge in [0.05, 0.1) is 12.2 Å². The highest BCUT2D eigenvalue weighted by Crippen LogP contribution is 2.22. The van der Waals surface area contributed by atoms with E-state index in [1.807, 2.05) is 30.8 Å². The number of aryl methyl sites for hydroxylation is 1. The summed E-state index contributed by atoms with van der Waals surface area (Å²) < 4.78 is 15.0. The topological polar surface area (TPSA) is 17.8 Å². The molecule has 0 fully saturated rings. The number of aromatic nitrogens is 2. The van der Waals surface area contributed by atoms with Gasteiger partial charge in [0.1, 0.15) is 5.82 Å². The molecule has 0 radical (unpaired) electrons. The van der Waals surface area contributed by atoms with Crippen LogP contribution in [0.1, 0.15) is 12.5 Å². The van der Waals surface area contributed by atoms with E-state index >= 15 is 0 Å². The molecular weight excluding hydrogens is 215 g/mol. The Balaban J connectivity index is 2.36. The number of hydrogen-bond acceptors (Lipinski definition) is 1. The Kier molecular flexibility index (Phi) is 3.09. The van der Waals surface area contributed by atoms with Crippen LogP contribution in [0.2, 0.25) is 0 Å². The van der Waals surface area contributed by atoms with E-state index in [9.17, 15) is 4.39 Å². The summed E-state index contributed by atoms with van der Waals surface area (Å²) >= 11 is 0. The molecule has 2 nitrogen and oxygen atoms in total. The highest BCUT2D eigenvalue weighted by Gasteiger charge is 2.06. The maximum atomic E-state index is 13.2. The second-order valence-corrected chi connectivity index (χ2v) is 4.31. The minimum atomic E-state index is -0.236. The molecule has 0 aliphatic rings. The van der Waals surface area contributed by atoms with Gasteiger partial charge in [-0.3, -0.25) is 4.68 Å². The van der Waals surface area contributed by atoms with E-state index in [0.29, 0.717) is 6.54 Å². The van der Waals surface area contributed by atoms with Crippen molar-refractivity contribution in [2.45, 2.75) is 20.4 Å². The molecule has 0 N–H and O–H groups in total. The van der Waals surface area contributed by atoms with E-state index in [4.69, 9.17) is 0 Å². The molecule has 0 saturated carbocycles. The Morgan fingerprint density at radius 3 is 2.88 bits per heavy atom. The zero-order valence-corrected chi connectivity index (χ0v) is 10.1. The van der Waals surface area contributed by atoms with Gasteiger partial charge < -0.3 is 0 Å². The smallest absolute Gasteiger partial charge is 0.123 e. The summed E-state index contributed by atoms with van der Waals surface area (Å²) in [6.07, 6.45) is 1.88. The van der Waals surface area contributed by atoms with E-state index in [-0.39, 0.29) is 5.82 Å². The molecule has 0 amide bonds. The largest absolute Gasteiger partial charge is 0.268 e. The van der Waals surface area contributed by atoms with Crippen molar-refractivity contribution < 1.29 is 4.39 Å². The summed E-state index contributed by atoms with van der Waals surface area (Å²) in [4.78, 5) is 0. The first kappa shape index (κ1) is 11.6. The van der Waals surface area contributed by atoms with Crippen molar-refractivity contribution in [2.24, 2.45) is 0 Å². The number of nitrogens with zero attached hydrogens (tertiary/aromatic N) is 2. The average Bonchev–Trinajstić information content (AvgIpc) is 2.69. The molecule has 88 valence electrons. The van der Waals surface area contributed by atoms with Crippen molar-refractivity contribution in [3.05, 3.63) is 54.0 Å². The molecule has 0 aliphatic heterocycles. The first-order valence-corrected chi connectivity index (χ1v) is 5.50. The van der Waals surface area contributed by atoms with Gasteiger partial charge in [-0.15, -0.1) is 0 Å². The predicted molar refractivity (Wildman–Crippen MR) is 67.2 cm³/mol. The monoisotopic (exact) mass is 230 g/mol. The predicted octanol–water partition coefficient (Wildman–Crippen LogP) is 3.57. The van der Waals surface area contributed by atoms with Gasteiger partial charge >= 0.3 is 0 Å². The fourth-order valence-electron chi connectivity index (χ4n) is 1.74. The van der Waals surface area contributed by atoms with Crippen LogP contribution in [0.5, 0.6) is 0 Å². The van der Waals surface area contributed by atoms with Crippen LogP contribution in [-0.4, -0.2) is 9.78 Å². The maximum Gasteiger partial charge on any atom is 0.123 e. The Labute approximate surface area is 100 Å². The van der Waals surface area contributed by atoms with Gasteiger partial charge in [-0.2, -0.15) is 5.10 Å². The van der Waals surface area contributed by atoms with Gasteiger partial charge in [-0.05, 0) is 37.6 Å². The zero-order chi connectivity index (χ0) is 12.4. The lowest BCUT2D eigenvalue weighted by atomic mass is 10.1. The third kappa shape index (κ3) is 2.61. The lowest BCUT2D eigenvalue weighted by Crippen LogP contribution is -1.99. The second kappa shape index (κ2) is 4.53. The first-order chi connectivity index (χ1) is 8.06. The molecule has 0 saturated heterocycles. The van der Waals surface area contributed by atoms with E-state index < -0.39 is 0 Å². The van der Waals surface area contributed by atoms with Crippen LogP contribution in [0.25, 0.3) is 11.3 Å². The van der Waals surface area contributed by atoms with Gasteiger partial charge in [-0.1, -0.05) is 18.2 Å². The lowest BCUT2D eigenvalue weighted by Gasteiger charge is -2.03. The molecule has 0 bridgehead atoms. The van der Waals surface area contributed by atoms with Crippen LogP contribution < -0.4 is 0 Å². The number of hydrogen-bond donors (Lipinski definition) is 0. The quantitative estimate of drug-likeness (QED) is 0.737. The van der Waals surface area contributed by atoms with Crippen molar-refractivity contribution in [2.75, 3.05) is 0 Å². The second-order valence-electron chi connectivity index (χ2n) is 4.31. The normalized spacial score (nSPS) is 10.5. The number of rotatable bonds is 3. The SMILES string of the molecule is C=C(C)Cn1ccc(-c2cc(F)ccc2C)n1. The van der Waals surface area contributed by atoms with E-state index in [2.05, 4.69) is 11.7 Å². The first-order valence-electron chi connectivity index (χ1n) is 5.50. The third-order valence-corrected chi connectivity index (χ3v) is 2.55. The van der Waals surface area contributed by atoms with Crippen LogP contribution in [0.3, 0.4) is 0 Å². The molecule has 1 heterocycles. The highest BCUT2D eigenvalue weighted by molar-refractivity contribution is 5.62. The van der Waals surface area contributed by atoms with Gasteiger partial charge in [-0.25, -0.2) is 4.39 Å². The van der Waals surface area contributed by atoms with Crippen molar-refractivity contribution in [3.63, 3.8) is 0 Å². The van der Waals surface area contributed by atoms with Gasteiger partial charge in [0.15, 0.2) is 0 Å². The van der Waals surface area contributed by atoms with Crippen LogP contribution in [0.4, 0.5) is 4.39 Å². The maximum absolute atomic E-state index is 13.2. The number of benzene rings is 1. The Morgan fingerprint density at radius 2 is 2.18 bits per heavy atom. The fraction of sp³-hybridized carbons (Fsp3) is 0.214. The third-order valence-electron chi connectivity index (χ3n) is 2.55. The molecule has 3 heteroatoms. The summed E-state index contributed by atoms with van der Waals surface area (Å²) in [5.41, 5.74) is 3.69. The number of halogens is 1. The van der Waals surface area contributed by atoms with Crippen molar-refractivity contribution in [1.29, 1.82) is 0 Å². The van der Waals surface area contributed by atoms with Crippen LogP contribution >= 0.6 is 0 Å². The molecular formula is C14H15FN2. The summed E-state index contributed by atoms with van der Waals surface area (Å²) in [5, 5.41) is 4.41. The molecule has 2 rings (SSSR count). The molecule has 0 atom stereocenters. The van der Waals surface area contributed by atoms with E-state index in [1.54, 1.807) is 6.07 Å². The molecule has 2 aromatic rings. The summed E-state index contributed by atoms with van der Waals surface area (Å²) in [7, 11) is 0. The number of allylic oxidation sites excluding steroid dienone is 1. The Morgan fingerprint density at radius 1 is 1.41 bits per heavy atom. The minimum Gasteiger partial charge on any atom is -0.268 e. The summed E-state index contributed by atoms with van der Waals surface area (Å²) in [6, 6.07) is 6.64. The molecule has 0 spiro atoms. The van der Waals surface area contributed by atoms with Crippen molar-refractivity contribution in [1.82, 2.24) is 9.78 Å². The van der Waals surface area contributed by atoms with Crippen molar-refractivity contribution in [3.8, 4) is 11.3 Å². The summed E-state index contributed by atoms with van der Waals surface area (Å²) in [6.45, 7) is 8.44. The van der Waals surface area contributed by atoms with Crippen LogP contribution in [0, 0.1) is 12.7 Å². The molecule has 0 unspecified atom stereocenters. The highest BCUT2D eigenvalue weighted by atomic mass is 19.1. The Bertz CT molecular complexity index is 555. The molecule has 1 aromatic heterocycles. The molecule has 0 aliphatic carbocycles. The van der Waals surface area contributed by atoms with Gasteiger partial charge in [0.25, 0.3) is 0 Å². The minimum absolute atomic E-state index is 0.236. The van der Waals surface area contributed by atoms with Gasteiger partial charge in [0.2, 0.25) is 0 Å². The molecule has 17 heavy (non-hydrogen) atoms. The molecule has 1 aromatic carbocycles. The van der Waals surface area contributed by atoms with Crippen LogP contribution in [-0.2, 0) is 6.54 Å². The average molecular weight is 230 g/mol. The van der Waals surface area contributed by atoms with E-state index in [1.165, 1.54) is 12.1 Å². The van der Waals surface area contributed by atoms with Crippen molar-refractivity contribution >= 4 is 0 Å². The zero-order valence-electron chi connectivity index (χ0n) is 10.1. The van der Waals surface area contributed by atoms with Gasteiger partial charge in [0, 0.05) is 11.8 Å². The van der Waals surface area contributed by atoms with Crippen LogP contribution in [0.15, 0.2) is 42.6 Å². The Hall–Kier alpha value is -1.90. The lowest BCUT2D eigenvalue weighted by molar-refractivity contribution is 0.627.